The zero-order valence-corrected chi connectivity index (χ0v) is 15.5. The van der Waals surface area contributed by atoms with Crippen molar-refractivity contribution in [1.29, 1.82) is 0 Å². The lowest BCUT2D eigenvalue weighted by Crippen LogP contribution is -2.43. The molecule has 3 rings (SSSR count). The summed E-state index contributed by atoms with van der Waals surface area (Å²) in [5, 5.41) is 3.52. The van der Waals surface area contributed by atoms with Crippen LogP contribution in [0.1, 0.15) is 48.8 Å². The minimum absolute atomic E-state index is 0.0837. The molecule has 0 bridgehead atoms. The van der Waals surface area contributed by atoms with Gasteiger partial charge in [-0.3, -0.25) is 4.79 Å². The van der Waals surface area contributed by atoms with Crippen molar-refractivity contribution in [3.63, 3.8) is 0 Å². The molecule has 0 aromatic heterocycles. The van der Waals surface area contributed by atoms with E-state index in [2.05, 4.69) is 18.8 Å². The number of nitrogens with one attached hydrogen (secondary N) is 1. The number of amides is 1. The Morgan fingerprint density at radius 1 is 1.19 bits per heavy atom. The zero-order valence-electron chi connectivity index (χ0n) is 15.5. The fraction of sp³-hybridized carbons (Fsp3) is 0.318. The number of carbonyl (C=O) groups is 1. The van der Waals surface area contributed by atoms with Gasteiger partial charge < -0.3 is 15.0 Å². The number of unbranched alkanes of at least 4 members (excludes halogenated alkanes) is 1. The molecular weight excluding hydrogens is 324 g/mol. The number of anilines is 1. The minimum Gasteiger partial charge on any atom is -0.489 e. The van der Waals surface area contributed by atoms with Gasteiger partial charge >= 0.3 is 0 Å². The van der Waals surface area contributed by atoms with E-state index < -0.39 is 0 Å². The molecule has 4 nitrogen and oxygen atoms in total. The van der Waals surface area contributed by atoms with E-state index >= 15 is 0 Å². The first kappa shape index (κ1) is 18.1. The Balaban J connectivity index is 1.86. The molecule has 0 fully saturated rings. The van der Waals surface area contributed by atoms with E-state index in [9.17, 15) is 4.79 Å². The molecule has 0 spiro atoms. The van der Waals surface area contributed by atoms with E-state index in [1.165, 1.54) is 0 Å². The van der Waals surface area contributed by atoms with Gasteiger partial charge in [0.2, 0.25) is 0 Å². The Bertz CT molecular complexity index is 783. The lowest BCUT2D eigenvalue weighted by Gasteiger charge is -2.38. The van der Waals surface area contributed by atoms with Gasteiger partial charge in [-0.05, 0) is 48.7 Å². The van der Waals surface area contributed by atoms with Crippen LogP contribution in [0.15, 0.2) is 60.7 Å². The standard InChI is InChI=1S/C22H26N2O2/c1-4-5-14-24-21(23-20-9-7-6-8-19(20)22(24)25)17-10-12-18(13-11-17)26-15-16(2)3/h6-13,21,23H,2,4-5,14-15H2,1,3H3. The molecule has 1 atom stereocenters. The molecule has 0 saturated heterocycles. The molecule has 1 aliphatic heterocycles. The number of hydrogen-bond donors (Lipinski definition) is 1. The van der Waals surface area contributed by atoms with Crippen molar-refractivity contribution in [2.75, 3.05) is 18.5 Å². The van der Waals surface area contributed by atoms with Gasteiger partial charge in [0.1, 0.15) is 18.5 Å². The molecule has 2 aromatic rings. The van der Waals surface area contributed by atoms with Crippen LogP contribution >= 0.6 is 0 Å². The summed E-state index contributed by atoms with van der Waals surface area (Å²) in [6, 6.07) is 15.6. The molecule has 2 aromatic carbocycles. The fourth-order valence-corrected chi connectivity index (χ4v) is 3.07. The third-order valence-electron chi connectivity index (χ3n) is 4.46. The molecular formula is C22H26N2O2. The lowest BCUT2D eigenvalue weighted by molar-refractivity contribution is 0.0680. The van der Waals surface area contributed by atoms with E-state index in [0.717, 1.165) is 47.5 Å². The minimum atomic E-state index is -0.167. The van der Waals surface area contributed by atoms with Crippen molar-refractivity contribution in [3.05, 3.63) is 71.8 Å². The first-order valence-corrected chi connectivity index (χ1v) is 9.14. The third-order valence-corrected chi connectivity index (χ3v) is 4.46. The average Bonchev–Trinajstić information content (AvgIpc) is 2.66. The average molecular weight is 350 g/mol. The lowest BCUT2D eigenvalue weighted by atomic mass is 10.0. The van der Waals surface area contributed by atoms with Crippen LogP contribution in [0.25, 0.3) is 0 Å². The van der Waals surface area contributed by atoms with Crippen LogP contribution in [-0.2, 0) is 0 Å². The van der Waals surface area contributed by atoms with Crippen LogP contribution < -0.4 is 10.1 Å². The van der Waals surface area contributed by atoms with Gasteiger partial charge in [-0.15, -0.1) is 0 Å². The maximum Gasteiger partial charge on any atom is 0.257 e. The molecule has 1 unspecified atom stereocenters. The van der Waals surface area contributed by atoms with E-state index in [0.29, 0.717) is 6.61 Å². The second kappa shape index (κ2) is 8.09. The monoisotopic (exact) mass is 350 g/mol. The second-order valence-electron chi connectivity index (χ2n) is 6.76. The van der Waals surface area contributed by atoms with Gasteiger partial charge in [0.25, 0.3) is 5.91 Å². The number of carbonyl (C=O) groups excluding carboxylic acids is 1. The summed E-state index contributed by atoms with van der Waals surface area (Å²) < 4.78 is 5.68. The summed E-state index contributed by atoms with van der Waals surface area (Å²) in [6.45, 7) is 9.17. The highest BCUT2D eigenvalue weighted by molar-refractivity contribution is 6.01. The van der Waals surface area contributed by atoms with Crippen LogP contribution in [0.5, 0.6) is 5.75 Å². The summed E-state index contributed by atoms with van der Waals surface area (Å²) in [5.41, 5.74) is 3.65. The quantitative estimate of drug-likeness (QED) is 0.714. The molecule has 26 heavy (non-hydrogen) atoms. The molecule has 136 valence electrons. The maximum absolute atomic E-state index is 13.0. The van der Waals surface area contributed by atoms with Crippen LogP contribution in [0.4, 0.5) is 5.69 Å². The third kappa shape index (κ3) is 3.90. The smallest absolute Gasteiger partial charge is 0.257 e. The van der Waals surface area contributed by atoms with Crippen LogP contribution in [0, 0.1) is 0 Å². The van der Waals surface area contributed by atoms with E-state index in [-0.39, 0.29) is 12.1 Å². The van der Waals surface area contributed by atoms with Gasteiger partial charge in [0.05, 0.1) is 5.56 Å². The number of hydrogen-bond acceptors (Lipinski definition) is 3. The van der Waals surface area contributed by atoms with Crippen molar-refractivity contribution in [1.82, 2.24) is 4.90 Å². The summed E-state index contributed by atoms with van der Waals surface area (Å²) in [7, 11) is 0. The van der Waals surface area contributed by atoms with E-state index in [1.807, 2.05) is 60.4 Å². The summed E-state index contributed by atoms with van der Waals surface area (Å²) >= 11 is 0. The Labute approximate surface area is 155 Å². The van der Waals surface area contributed by atoms with Crippen molar-refractivity contribution >= 4 is 11.6 Å². The van der Waals surface area contributed by atoms with Gasteiger partial charge in [0, 0.05) is 12.2 Å². The van der Waals surface area contributed by atoms with E-state index in [4.69, 9.17) is 4.74 Å². The maximum atomic E-state index is 13.0. The molecule has 4 heteroatoms. The number of rotatable bonds is 7. The molecule has 0 aliphatic carbocycles. The van der Waals surface area contributed by atoms with Gasteiger partial charge in [-0.2, -0.15) is 0 Å². The zero-order chi connectivity index (χ0) is 18.5. The number of para-hydroxylation sites is 1. The predicted octanol–water partition coefficient (Wildman–Crippen LogP) is 5.01. The topological polar surface area (TPSA) is 41.6 Å². The van der Waals surface area contributed by atoms with Crippen molar-refractivity contribution < 1.29 is 9.53 Å². The molecule has 1 heterocycles. The number of ether oxygens (including phenoxy) is 1. The molecule has 1 amide bonds. The molecule has 0 radical (unpaired) electrons. The Morgan fingerprint density at radius 2 is 1.92 bits per heavy atom. The summed E-state index contributed by atoms with van der Waals surface area (Å²) in [6.07, 6.45) is 1.86. The Hall–Kier alpha value is -2.75. The summed E-state index contributed by atoms with van der Waals surface area (Å²) in [4.78, 5) is 14.9. The molecule has 1 N–H and O–H groups in total. The normalized spacial score (nSPS) is 16.0. The van der Waals surface area contributed by atoms with Crippen LogP contribution in [0.2, 0.25) is 0 Å². The van der Waals surface area contributed by atoms with Gasteiger partial charge in [-0.1, -0.05) is 44.2 Å². The SMILES string of the molecule is C=C(C)COc1ccc(C2Nc3ccccc3C(=O)N2CCCC)cc1. The van der Waals surface area contributed by atoms with Crippen molar-refractivity contribution in [2.24, 2.45) is 0 Å². The number of fused-ring (bicyclic) bond motifs is 1. The van der Waals surface area contributed by atoms with Crippen molar-refractivity contribution in [2.45, 2.75) is 32.9 Å². The van der Waals surface area contributed by atoms with Gasteiger partial charge in [0.15, 0.2) is 0 Å². The fourth-order valence-electron chi connectivity index (χ4n) is 3.07. The number of benzene rings is 2. The highest BCUT2D eigenvalue weighted by atomic mass is 16.5. The first-order chi connectivity index (χ1) is 12.6. The highest BCUT2D eigenvalue weighted by Crippen LogP contribution is 2.33. The molecule has 1 aliphatic rings. The Morgan fingerprint density at radius 3 is 2.62 bits per heavy atom. The van der Waals surface area contributed by atoms with E-state index in [1.54, 1.807) is 0 Å². The number of nitrogens with zero attached hydrogens (tertiary/aromatic N) is 1. The second-order valence-corrected chi connectivity index (χ2v) is 6.76. The molecule has 0 saturated carbocycles. The van der Waals surface area contributed by atoms with Gasteiger partial charge in [-0.25, -0.2) is 0 Å². The van der Waals surface area contributed by atoms with Crippen LogP contribution in [-0.4, -0.2) is 24.0 Å². The highest BCUT2D eigenvalue weighted by Gasteiger charge is 2.32. The summed E-state index contributed by atoms with van der Waals surface area (Å²) in [5.74, 6) is 0.889. The van der Waals surface area contributed by atoms with Crippen molar-refractivity contribution in [3.8, 4) is 5.75 Å². The van der Waals surface area contributed by atoms with Crippen LogP contribution in [0.3, 0.4) is 0 Å². The first-order valence-electron chi connectivity index (χ1n) is 9.14. The largest absolute Gasteiger partial charge is 0.489 e. The Kier molecular flexibility index (Phi) is 5.61. The predicted molar refractivity (Wildman–Crippen MR) is 106 cm³/mol.